The number of anilines is 1. The summed E-state index contributed by atoms with van der Waals surface area (Å²) in [5, 5.41) is 1.92. The molecule has 0 aliphatic heterocycles. The Morgan fingerprint density at radius 1 is 1.37 bits per heavy atom. The molecule has 0 spiro atoms. The van der Waals surface area contributed by atoms with Crippen molar-refractivity contribution >= 4 is 23.2 Å². The summed E-state index contributed by atoms with van der Waals surface area (Å²) in [6.45, 7) is 3.49. The molecule has 0 radical (unpaired) electrons. The first-order valence-electron chi connectivity index (χ1n) is 5.56. The molecule has 106 valence electrons. The first kappa shape index (κ1) is 15.8. The van der Waals surface area contributed by atoms with Crippen LogP contribution >= 0.6 is 11.6 Å². The minimum Gasteiger partial charge on any atom is -0.325 e. The van der Waals surface area contributed by atoms with E-state index in [4.69, 9.17) is 17.3 Å². The van der Waals surface area contributed by atoms with Gasteiger partial charge in [-0.1, -0.05) is 25.4 Å². The standard InChI is InChI=1S/C12H14ClF3N2O/c1-6(2)10(17)11(19)18-7-3-4-9(13)8(5-7)12(14,15)16/h3-6,10H,17H2,1-2H3,(H,18,19)/t10-/m1/s1. The number of carbonyl (C=O) groups is 1. The lowest BCUT2D eigenvalue weighted by atomic mass is 10.0. The van der Waals surface area contributed by atoms with Gasteiger partial charge in [-0.2, -0.15) is 13.2 Å². The number of carbonyl (C=O) groups excluding carboxylic acids is 1. The lowest BCUT2D eigenvalue weighted by Gasteiger charge is -2.16. The summed E-state index contributed by atoms with van der Waals surface area (Å²) in [5.41, 5.74) is 4.62. The van der Waals surface area contributed by atoms with Gasteiger partial charge in [-0.25, -0.2) is 0 Å². The molecule has 3 nitrogen and oxygen atoms in total. The Bertz CT molecular complexity index is 475. The van der Waals surface area contributed by atoms with E-state index in [1.54, 1.807) is 13.8 Å². The Kier molecular flexibility index (Phi) is 4.81. The van der Waals surface area contributed by atoms with Gasteiger partial charge in [0.2, 0.25) is 5.91 Å². The van der Waals surface area contributed by atoms with E-state index in [-0.39, 0.29) is 11.6 Å². The average Bonchev–Trinajstić information content (AvgIpc) is 2.28. The molecule has 1 aromatic rings. The highest BCUT2D eigenvalue weighted by Gasteiger charge is 2.33. The molecule has 0 aromatic heterocycles. The smallest absolute Gasteiger partial charge is 0.325 e. The molecule has 1 atom stereocenters. The van der Waals surface area contributed by atoms with Crippen molar-refractivity contribution in [3.8, 4) is 0 Å². The number of rotatable bonds is 3. The highest BCUT2D eigenvalue weighted by atomic mass is 35.5. The minimum absolute atomic E-state index is 0.0119. The van der Waals surface area contributed by atoms with Crippen molar-refractivity contribution in [1.82, 2.24) is 0 Å². The molecule has 1 rings (SSSR count). The van der Waals surface area contributed by atoms with Crippen molar-refractivity contribution in [2.75, 3.05) is 5.32 Å². The normalized spacial score (nSPS) is 13.5. The predicted molar refractivity (Wildman–Crippen MR) is 67.9 cm³/mol. The number of hydrogen-bond acceptors (Lipinski definition) is 2. The van der Waals surface area contributed by atoms with E-state index in [0.717, 1.165) is 12.1 Å². The van der Waals surface area contributed by atoms with E-state index >= 15 is 0 Å². The van der Waals surface area contributed by atoms with Gasteiger partial charge in [-0.3, -0.25) is 4.79 Å². The van der Waals surface area contributed by atoms with E-state index in [9.17, 15) is 18.0 Å². The fraction of sp³-hybridized carbons (Fsp3) is 0.417. The molecule has 3 N–H and O–H groups in total. The van der Waals surface area contributed by atoms with Crippen LogP contribution in [0.25, 0.3) is 0 Å². The van der Waals surface area contributed by atoms with Crippen LogP contribution in [0.5, 0.6) is 0 Å². The Labute approximate surface area is 113 Å². The molecule has 19 heavy (non-hydrogen) atoms. The van der Waals surface area contributed by atoms with Crippen LogP contribution < -0.4 is 11.1 Å². The maximum atomic E-state index is 12.6. The molecule has 0 unspecified atom stereocenters. The highest BCUT2D eigenvalue weighted by molar-refractivity contribution is 6.31. The molecule has 0 fully saturated rings. The van der Waals surface area contributed by atoms with Gasteiger partial charge in [0.15, 0.2) is 0 Å². The Morgan fingerprint density at radius 3 is 2.42 bits per heavy atom. The molecule has 0 aliphatic rings. The zero-order valence-corrected chi connectivity index (χ0v) is 11.1. The first-order chi connectivity index (χ1) is 8.62. The van der Waals surface area contributed by atoms with Gasteiger partial charge in [0.1, 0.15) is 0 Å². The summed E-state index contributed by atoms with van der Waals surface area (Å²) in [4.78, 5) is 11.6. The summed E-state index contributed by atoms with van der Waals surface area (Å²) in [7, 11) is 0. The number of nitrogens with two attached hydrogens (primary N) is 1. The molecule has 7 heteroatoms. The summed E-state index contributed by atoms with van der Waals surface area (Å²) in [5.74, 6) is -0.653. The highest BCUT2D eigenvalue weighted by Crippen LogP contribution is 2.36. The summed E-state index contributed by atoms with van der Waals surface area (Å²) in [6.07, 6.45) is -4.57. The first-order valence-corrected chi connectivity index (χ1v) is 5.94. The van der Waals surface area contributed by atoms with Gasteiger partial charge < -0.3 is 11.1 Å². The largest absolute Gasteiger partial charge is 0.417 e. The topological polar surface area (TPSA) is 55.1 Å². The molecule has 1 amide bonds. The van der Waals surface area contributed by atoms with Crippen molar-refractivity contribution in [3.05, 3.63) is 28.8 Å². The van der Waals surface area contributed by atoms with Crippen LogP contribution in [-0.2, 0) is 11.0 Å². The molecular formula is C12H14ClF3N2O. The Hall–Kier alpha value is -1.27. The molecular weight excluding hydrogens is 281 g/mol. The minimum atomic E-state index is -4.57. The van der Waals surface area contributed by atoms with Gasteiger partial charge in [0.05, 0.1) is 16.6 Å². The number of amides is 1. The van der Waals surface area contributed by atoms with Crippen molar-refractivity contribution in [2.24, 2.45) is 11.7 Å². The molecule has 0 bridgehead atoms. The lowest BCUT2D eigenvalue weighted by molar-refractivity contribution is -0.137. The van der Waals surface area contributed by atoms with Crippen molar-refractivity contribution in [2.45, 2.75) is 26.1 Å². The third kappa shape index (κ3) is 4.11. The van der Waals surface area contributed by atoms with Crippen LogP contribution in [0.15, 0.2) is 18.2 Å². The van der Waals surface area contributed by atoms with Gasteiger partial charge in [0, 0.05) is 5.69 Å². The molecule has 0 saturated carbocycles. The van der Waals surface area contributed by atoms with Crippen LogP contribution in [0.3, 0.4) is 0 Å². The number of halogens is 4. The van der Waals surface area contributed by atoms with Crippen LogP contribution in [-0.4, -0.2) is 11.9 Å². The Morgan fingerprint density at radius 2 is 1.95 bits per heavy atom. The molecule has 1 aromatic carbocycles. The Balaban J connectivity index is 2.95. The maximum Gasteiger partial charge on any atom is 0.417 e. The van der Waals surface area contributed by atoms with Crippen molar-refractivity contribution in [1.29, 1.82) is 0 Å². The van der Waals surface area contributed by atoms with Gasteiger partial charge in [-0.05, 0) is 24.1 Å². The fourth-order valence-corrected chi connectivity index (χ4v) is 1.57. The second kappa shape index (κ2) is 5.79. The summed E-state index contributed by atoms with van der Waals surface area (Å²) < 4.78 is 37.9. The van der Waals surface area contributed by atoms with Crippen LogP contribution in [0.1, 0.15) is 19.4 Å². The summed E-state index contributed by atoms with van der Waals surface area (Å²) in [6, 6.07) is 2.38. The fourth-order valence-electron chi connectivity index (χ4n) is 1.35. The third-order valence-electron chi connectivity index (χ3n) is 2.56. The van der Waals surface area contributed by atoms with Gasteiger partial charge in [-0.15, -0.1) is 0 Å². The average molecular weight is 295 g/mol. The zero-order valence-electron chi connectivity index (χ0n) is 10.4. The third-order valence-corrected chi connectivity index (χ3v) is 2.89. The van der Waals surface area contributed by atoms with E-state index in [1.807, 2.05) is 0 Å². The van der Waals surface area contributed by atoms with E-state index in [2.05, 4.69) is 5.32 Å². The summed E-state index contributed by atoms with van der Waals surface area (Å²) >= 11 is 5.47. The number of hydrogen-bond donors (Lipinski definition) is 2. The van der Waals surface area contributed by atoms with Crippen molar-refractivity contribution < 1.29 is 18.0 Å². The van der Waals surface area contributed by atoms with E-state index < -0.39 is 28.7 Å². The van der Waals surface area contributed by atoms with E-state index in [0.29, 0.717) is 0 Å². The molecule has 0 heterocycles. The number of alkyl halides is 3. The van der Waals surface area contributed by atoms with Gasteiger partial charge >= 0.3 is 6.18 Å². The molecule has 0 saturated heterocycles. The quantitative estimate of drug-likeness (QED) is 0.899. The lowest BCUT2D eigenvalue weighted by Crippen LogP contribution is -2.39. The van der Waals surface area contributed by atoms with Gasteiger partial charge in [0.25, 0.3) is 0 Å². The SMILES string of the molecule is CC(C)[C@@H](N)C(=O)Nc1ccc(Cl)c(C(F)(F)F)c1. The van der Waals surface area contributed by atoms with Crippen LogP contribution in [0.2, 0.25) is 5.02 Å². The second-order valence-corrected chi connectivity index (χ2v) is 4.86. The predicted octanol–water partition coefficient (Wildman–Crippen LogP) is 3.28. The number of nitrogens with one attached hydrogen (secondary N) is 1. The van der Waals surface area contributed by atoms with Crippen molar-refractivity contribution in [3.63, 3.8) is 0 Å². The monoisotopic (exact) mass is 294 g/mol. The maximum absolute atomic E-state index is 12.6. The van der Waals surface area contributed by atoms with Crippen LogP contribution in [0, 0.1) is 5.92 Å². The number of benzene rings is 1. The van der Waals surface area contributed by atoms with E-state index in [1.165, 1.54) is 6.07 Å². The zero-order chi connectivity index (χ0) is 14.8. The van der Waals surface area contributed by atoms with Crippen LogP contribution in [0.4, 0.5) is 18.9 Å². The molecule has 0 aliphatic carbocycles. The second-order valence-electron chi connectivity index (χ2n) is 4.45.